The largest absolute Gasteiger partial charge is 0.497 e. The second kappa shape index (κ2) is 13.1. The van der Waals surface area contributed by atoms with Crippen molar-refractivity contribution in [3.8, 4) is 5.75 Å². The van der Waals surface area contributed by atoms with E-state index in [0.29, 0.717) is 24.6 Å². The van der Waals surface area contributed by atoms with Crippen LogP contribution in [0.4, 0.5) is 5.69 Å². The summed E-state index contributed by atoms with van der Waals surface area (Å²) in [6.45, 7) is 5.46. The maximum atomic E-state index is 12.2. The van der Waals surface area contributed by atoms with Gasteiger partial charge in [0.2, 0.25) is 0 Å². The monoisotopic (exact) mass is 551 g/mol. The number of halogens is 1. The number of ether oxygens (including phenoxy) is 1. The van der Waals surface area contributed by atoms with E-state index in [0.717, 1.165) is 18.8 Å². The van der Waals surface area contributed by atoms with E-state index in [2.05, 4.69) is 57.0 Å². The fraction of sp³-hybridized carbons (Fsp3) is 0.417. The van der Waals surface area contributed by atoms with Crippen molar-refractivity contribution >= 4 is 41.5 Å². The van der Waals surface area contributed by atoms with Gasteiger partial charge in [-0.3, -0.25) is 9.79 Å². The Morgan fingerprint density at radius 1 is 1.09 bits per heavy atom. The third-order valence-electron chi connectivity index (χ3n) is 5.47. The van der Waals surface area contributed by atoms with Gasteiger partial charge in [-0.1, -0.05) is 12.1 Å². The Balaban J connectivity index is 0.00000363. The average molecular weight is 551 g/mol. The van der Waals surface area contributed by atoms with E-state index in [1.54, 1.807) is 38.4 Å². The molecule has 0 aliphatic carbocycles. The Hall–Kier alpha value is -2.49. The maximum absolute atomic E-state index is 12.2. The van der Waals surface area contributed by atoms with Crippen LogP contribution in [-0.4, -0.2) is 52.2 Å². The first kappa shape index (κ1) is 25.8. The summed E-state index contributed by atoms with van der Waals surface area (Å²) in [5, 5.41) is 9.59. The molecule has 0 aromatic heterocycles. The van der Waals surface area contributed by atoms with E-state index in [1.165, 1.54) is 24.1 Å². The third-order valence-corrected chi connectivity index (χ3v) is 5.47. The molecule has 174 valence electrons. The number of benzene rings is 2. The highest BCUT2D eigenvalue weighted by atomic mass is 127. The Bertz CT molecular complexity index is 882. The summed E-state index contributed by atoms with van der Waals surface area (Å²) in [4.78, 5) is 19.0. The molecule has 3 rings (SSSR count). The van der Waals surface area contributed by atoms with E-state index >= 15 is 0 Å². The number of nitrogens with zero attached hydrogens (tertiary/aromatic N) is 2. The standard InChI is InChI=1S/C24H33N5O2.HI/c1-18(20-7-6-8-21(17-20)29-15-4-5-16-29)28-24(25-2)27-14-13-26-23(30)19-9-11-22(31-3)12-10-19;/h6-12,17-18H,4-5,13-16H2,1-3H3,(H,26,30)(H2,25,27,28);1H. The molecule has 7 nitrogen and oxygen atoms in total. The summed E-state index contributed by atoms with van der Waals surface area (Å²) in [5.74, 6) is 1.32. The zero-order chi connectivity index (χ0) is 22.1. The van der Waals surface area contributed by atoms with E-state index in [4.69, 9.17) is 4.74 Å². The lowest BCUT2D eigenvalue weighted by Crippen LogP contribution is -2.42. The van der Waals surface area contributed by atoms with Gasteiger partial charge in [0.25, 0.3) is 5.91 Å². The molecule has 1 atom stereocenters. The molecular formula is C24H34IN5O2. The summed E-state index contributed by atoms with van der Waals surface area (Å²) in [5.41, 5.74) is 3.11. The van der Waals surface area contributed by atoms with Gasteiger partial charge < -0.3 is 25.6 Å². The molecular weight excluding hydrogens is 517 g/mol. The topological polar surface area (TPSA) is 78.0 Å². The highest BCUT2D eigenvalue weighted by Crippen LogP contribution is 2.23. The lowest BCUT2D eigenvalue weighted by molar-refractivity contribution is 0.0954. The van der Waals surface area contributed by atoms with Gasteiger partial charge in [-0.15, -0.1) is 24.0 Å². The minimum atomic E-state index is -0.112. The summed E-state index contributed by atoms with van der Waals surface area (Å²) in [6.07, 6.45) is 2.53. The summed E-state index contributed by atoms with van der Waals surface area (Å²) in [6, 6.07) is 15.9. The number of methoxy groups -OCH3 is 1. The number of hydrogen-bond acceptors (Lipinski definition) is 4. The Morgan fingerprint density at radius 2 is 1.78 bits per heavy atom. The van der Waals surface area contributed by atoms with Crippen molar-refractivity contribution < 1.29 is 9.53 Å². The molecule has 0 saturated carbocycles. The zero-order valence-corrected chi connectivity index (χ0v) is 21.4. The number of aliphatic imine (C=N–C) groups is 1. The van der Waals surface area contributed by atoms with Crippen molar-refractivity contribution in [1.29, 1.82) is 0 Å². The van der Waals surface area contributed by atoms with Gasteiger partial charge in [0.05, 0.1) is 13.2 Å². The quantitative estimate of drug-likeness (QED) is 0.203. The molecule has 1 aliphatic heterocycles. The van der Waals surface area contributed by atoms with Crippen LogP contribution in [0.5, 0.6) is 5.75 Å². The fourth-order valence-corrected chi connectivity index (χ4v) is 3.65. The summed E-state index contributed by atoms with van der Waals surface area (Å²) < 4.78 is 5.12. The first-order valence-electron chi connectivity index (χ1n) is 10.8. The fourth-order valence-electron chi connectivity index (χ4n) is 3.65. The van der Waals surface area contributed by atoms with Crippen LogP contribution < -0.4 is 25.6 Å². The first-order chi connectivity index (χ1) is 15.1. The number of guanidine groups is 1. The van der Waals surface area contributed by atoms with Gasteiger partial charge in [0.1, 0.15) is 5.75 Å². The summed E-state index contributed by atoms with van der Waals surface area (Å²) >= 11 is 0. The van der Waals surface area contributed by atoms with Crippen molar-refractivity contribution in [1.82, 2.24) is 16.0 Å². The number of carbonyl (C=O) groups excluding carboxylic acids is 1. The molecule has 1 aliphatic rings. The smallest absolute Gasteiger partial charge is 0.251 e. The SMILES string of the molecule is CN=C(NCCNC(=O)c1ccc(OC)cc1)NC(C)c1cccc(N2CCCC2)c1.I. The minimum absolute atomic E-state index is 0. The molecule has 1 saturated heterocycles. The lowest BCUT2D eigenvalue weighted by Gasteiger charge is -2.22. The van der Waals surface area contributed by atoms with Crippen LogP contribution >= 0.6 is 24.0 Å². The highest BCUT2D eigenvalue weighted by molar-refractivity contribution is 14.0. The molecule has 1 unspecified atom stereocenters. The number of hydrogen-bond donors (Lipinski definition) is 3. The highest BCUT2D eigenvalue weighted by Gasteiger charge is 2.14. The van der Waals surface area contributed by atoms with E-state index < -0.39 is 0 Å². The van der Waals surface area contributed by atoms with Crippen LogP contribution in [-0.2, 0) is 0 Å². The molecule has 2 aromatic rings. The molecule has 0 radical (unpaired) electrons. The van der Waals surface area contributed by atoms with Crippen LogP contribution in [0.1, 0.15) is 41.7 Å². The van der Waals surface area contributed by atoms with Crippen molar-refractivity contribution in [2.24, 2.45) is 4.99 Å². The van der Waals surface area contributed by atoms with Crippen LogP contribution in [0.25, 0.3) is 0 Å². The molecule has 8 heteroatoms. The van der Waals surface area contributed by atoms with Crippen LogP contribution in [0.3, 0.4) is 0 Å². The molecule has 0 bridgehead atoms. The molecule has 2 aromatic carbocycles. The number of amides is 1. The lowest BCUT2D eigenvalue weighted by atomic mass is 10.1. The Kier molecular flexibility index (Phi) is 10.6. The maximum Gasteiger partial charge on any atom is 0.251 e. The van der Waals surface area contributed by atoms with E-state index in [1.807, 2.05) is 0 Å². The molecule has 1 fully saturated rings. The Morgan fingerprint density at radius 3 is 2.44 bits per heavy atom. The van der Waals surface area contributed by atoms with E-state index in [9.17, 15) is 4.79 Å². The third kappa shape index (κ3) is 7.29. The van der Waals surface area contributed by atoms with Gasteiger partial charge >= 0.3 is 0 Å². The Labute approximate surface area is 208 Å². The van der Waals surface area contributed by atoms with Crippen molar-refractivity contribution in [2.75, 3.05) is 45.2 Å². The first-order valence-corrected chi connectivity index (χ1v) is 10.8. The van der Waals surface area contributed by atoms with Crippen molar-refractivity contribution in [3.63, 3.8) is 0 Å². The second-order valence-electron chi connectivity index (χ2n) is 7.64. The minimum Gasteiger partial charge on any atom is -0.497 e. The van der Waals surface area contributed by atoms with E-state index in [-0.39, 0.29) is 35.9 Å². The van der Waals surface area contributed by atoms with Gasteiger partial charge in [-0.05, 0) is 61.7 Å². The molecule has 32 heavy (non-hydrogen) atoms. The van der Waals surface area contributed by atoms with Gasteiger partial charge in [-0.25, -0.2) is 0 Å². The number of nitrogens with one attached hydrogen (secondary N) is 3. The average Bonchev–Trinajstić information content (AvgIpc) is 3.36. The van der Waals surface area contributed by atoms with Gasteiger partial charge in [0.15, 0.2) is 5.96 Å². The zero-order valence-electron chi connectivity index (χ0n) is 19.1. The van der Waals surface area contributed by atoms with Crippen LogP contribution in [0.2, 0.25) is 0 Å². The molecule has 3 N–H and O–H groups in total. The molecule has 1 heterocycles. The van der Waals surface area contributed by atoms with Gasteiger partial charge in [0, 0.05) is 44.5 Å². The number of carbonyl (C=O) groups is 1. The predicted molar refractivity (Wildman–Crippen MR) is 142 cm³/mol. The molecule has 1 amide bonds. The normalized spacial score (nSPS) is 14.3. The van der Waals surface area contributed by atoms with Crippen LogP contribution in [0.15, 0.2) is 53.5 Å². The molecule has 0 spiro atoms. The number of rotatable bonds is 8. The van der Waals surface area contributed by atoms with Gasteiger partial charge in [-0.2, -0.15) is 0 Å². The van der Waals surface area contributed by atoms with Crippen molar-refractivity contribution in [3.05, 3.63) is 59.7 Å². The predicted octanol–water partition coefficient (Wildman–Crippen LogP) is 3.57. The van der Waals surface area contributed by atoms with Crippen molar-refractivity contribution in [2.45, 2.75) is 25.8 Å². The number of anilines is 1. The van der Waals surface area contributed by atoms with Crippen LogP contribution in [0, 0.1) is 0 Å². The summed E-state index contributed by atoms with van der Waals surface area (Å²) in [7, 11) is 3.35. The second-order valence-corrected chi connectivity index (χ2v) is 7.64.